The van der Waals surface area contributed by atoms with Crippen LogP contribution in [-0.4, -0.2) is 57.1 Å². The Morgan fingerprint density at radius 1 is 0.895 bits per heavy atom. The number of hydrogen-bond acceptors (Lipinski definition) is 6. The lowest BCUT2D eigenvalue weighted by molar-refractivity contribution is -0.0000220. The Morgan fingerprint density at radius 3 is 2.37 bits per heavy atom. The molecular formula is C25H22Cl4N3O5S-. The first kappa shape index (κ1) is 28.6. The van der Waals surface area contributed by atoms with Crippen molar-refractivity contribution < 1.29 is 35.1 Å². The van der Waals surface area contributed by atoms with Gasteiger partial charge >= 0.3 is 0 Å². The van der Waals surface area contributed by atoms with Gasteiger partial charge in [-0.1, -0.05) is 46.9 Å². The van der Waals surface area contributed by atoms with Crippen LogP contribution in [0.5, 0.6) is 11.5 Å². The average Bonchev–Trinajstić information content (AvgIpc) is 3.32. The van der Waals surface area contributed by atoms with Gasteiger partial charge in [-0.15, -0.1) is 0 Å². The van der Waals surface area contributed by atoms with Gasteiger partial charge in [0, 0.05) is 37.7 Å². The third-order valence-corrected chi connectivity index (χ3v) is 8.51. The zero-order valence-corrected chi connectivity index (χ0v) is 23.6. The Bertz CT molecular complexity index is 1460. The minimum absolute atomic E-state index is 0. The summed E-state index contributed by atoms with van der Waals surface area (Å²) in [6.07, 6.45) is 0. The maximum atomic E-state index is 13.3. The molecule has 2 heterocycles. The fourth-order valence-corrected chi connectivity index (χ4v) is 6.33. The van der Waals surface area contributed by atoms with Crippen LogP contribution in [0.4, 0.5) is 5.69 Å². The maximum absolute atomic E-state index is 13.3. The summed E-state index contributed by atoms with van der Waals surface area (Å²) in [5, 5.41) is 0.361. The predicted molar refractivity (Wildman–Crippen MR) is 142 cm³/mol. The number of anilines is 1. The molecule has 0 aromatic heterocycles. The van der Waals surface area contributed by atoms with Gasteiger partial charge in [0.25, 0.3) is 15.9 Å². The summed E-state index contributed by atoms with van der Waals surface area (Å²) in [5.41, 5.74) is 1.43. The largest absolute Gasteiger partial charge is 1.00 e. The first-order chi connectivity index (χ1) is 17.7. The van der Waals surface area contributed by atoms with Gasteiger partial charge in [0.05, 0.1) is 21.3 Å². The van der Waals surface area contributed by atoms with Crippen LogP contribution < -0.4 is 26.6 Å². The molecule has 0 saturated carbocycles. The second-order valence-electron chi connectivity index (χ2n) is 8.63. The lowest BCUT2D eigenvalue weighted by Crippen LogP contribution is -3.00. The molecule has 202 valence electrons. The fraction of sp³-hybridized carbons (Fsp3) is 0.240. The van der Waals surface area contributed by atoms with Crippen molar-refractivity contribution in [2.24, 2.45) is 0 Å². The standard InChI is InChI=1S/C25H22Cl3N3O5S.ClH/c26-17-2-1-3-18(11-17)29-37(33,34)24-12-19(20(27)13-21(24)28)25(32)31-8-6-30(7-9-31)14-16-4-5-22-23(10-16)36-15-35-22;/h1-5,10-13,29H,6-9,14-15H2;1H/p-1. The van der Waals surface area contributed by atoms with Gasteiger partial charge < -0.3 is 26.8 Å². The Kier molecular flexibility index (Phi) is 8.86. The number of halogens is 4. The van der Waals surface area contributed by atoms with E-state index >= 15 is 0 Å². The van der Waals surface area contributed by atoms with Gasteiger partial charge in [0.2, 0.25) is 6.79 Å². The molecule has 5 rings (SSSR count). The van der Waals surface area contributed by atoms with E-state index in [-0.39, 0.29) is 51.3 Å². The Labute approximate surface area is 241 Å². The highest BCUT2D eigenvalue weighted by Crippen LogP contribution is 2.33. The number of fused-ring (bicyclic) bond motifs is 1. The number of nitrogens with zero attached hydrogens (tertiary/aromatic N) is 2. The molecule has 1 amide bonds. The molecule has 1 fully saturated rings. The van der Waals surface area contributed by atoms with Crippen molar-refractivity contribution in [1.82, 2.24) is 9.80 Å². The summed E-state index contributed by atoms with van der Waals surface area (Å²) >= 11 is 18.5. The van der Waals surface area contributed by atoms with E-state index in [4.69, 9.17) is 44.3 Å². The first-order valence-electron chi connectivity index (χ1n) is 11.4. The van der Waals surface area contributed by atoms with Crippen molar-refractivity contribution in [3.05, 3.63) is 80.8 Å². The predicted octanol–water partition coefficient (Wildman–Crippen LogP) is 2.14. The van der Waals surface area contributed by atoms with Crippen molar-refractivity contribution in [2.45, 2.75) is 11.4 Å². The molecule has 1 N–H and O–H groups in total. The van der Waals surface area contributed by atoms with Crippen LogP contribution in [0, 0.1) is 0 Å². The molecule has 2 aliphatic heterocycles. The van der Waals surface area contributed by atoms with E-state index in [2.05, 4.69) is 9.62 Å². The molecule has 0 radical (unpaired) electrons. The molecule has 0 unspecified atom stereocenters. The summed E-state index contributed by atoms with van der Waals surface area (Å²) in [4.78, 5) is 17.0. The number of rotatable bonds is 6. The van der Waals surface area contributed by atoms with E-state index in [1.807, 2.05) is 18.2 Å². The minimum Gasteiger partial charge on any atom is -1.00 e. The third kappa shape index (κ3) is 6.25. The summed E-state index contributed by atoms with van der Waals surface area (Å²) in [7, 11) is -4.11. The van der Waals surface area contributed by atoms with E-state index in [1.165, 1.54) is 18.2 Å². The van der Waals surface area contributed by atoms with Gasteiger partial charge in [0.1, 0.15) is 4.90 Å². The first-order valence-corrected chi connectivity index (χ1v) is 14.0. The monoisotopic (exact) mass is 616 g/mol. The normalized spacial score (nSPS) is 15.2. The van der Waals surface area contributed by atoms with Gasteiger partial charge in [-0.05, 0) is 48.0 Å². The summed E-state index contributed by atoms with van der Waals surface area (Å²) in [5.74, 6) is 1.12. The number of benzene rings is 3. The topological polar surface area (TPSA) is 88.2 Å². The Balaban J connectivity index is 0.00000336. The highest BCUT2D eigenvalue weighted by Gasteiger charge is 2.28. The molecule has 3 aromatic carbocycles. The summed E-state index contributed by atoms with van der Waals surface area (Å²) in [6.45, 7) is 3.15. The number of sulfonamides is 1. The van der Waals surface area contributed by atoms with Crippen molar-refractivity contribution >= 4 is 56.4 Å². The SMILES string of the molecule is O=C(c1cc(S(=O)(=O)Nc2cccc(Cl)c2)c(Cl)cc1Cl)N1CCN(Cc2ccc3c(c2)OCO3)CC1.[Cl-]. The molecule has 0 aliphatic carbocycles. The lowest BCUT2D eigenvalue weighted by atomic mass is 10.1. The molecule has 0 bridgehead atoms. The highest BCUT2D eigenvalue weighted by molar-refractivity contribution is 7.92. The summed E-state index contributed by atoms with van der Waals surface area (Å²) in [6, 6.07) is 14.6. The number of hydrogen-bond donors (Lipinski definition) is 1. The molecule has 1 saturated heterocycles. The van der Waals surface area contributed by atoms with E-state index in [0.717, 1.165) is 17.1 Å². The molecule has 13 heteroatoms. The number of nitrogens with one attached hydrogen (secondary N) is 1. The van der Waals surface area contributed by atoms with E-state index in [9.17, 15) is 13.2 Å². The number of carbonyl (C=O) groups excluding carboxylic acids is 1. The Hall–Kier alpha value is -2.40. The minimum atomic E-state index is -4.11. The van der Waals surface area contributed by atoms with Crippen LogP contribution >= 0.6 is 34.8 Å². The van der Waals surface area contributed by atoms with E-state index in [0.29, 0.717) is 37.7 Å². The van der Waals surface area contributed by atoms with Crippen LogP contribution in [-0.2, 0) is 16.6 Å². The van der Waals surface area contributed by atoms with Gasteiger partial charge in [0.15, 0.2) is 11.5 Å². The molecular weight excluding hydrogens is 596 g/mol. The number of ether oxygens (including phenoxy) is 2. The second kappa shape index (κ2) is 11.8. The molecule has 8 nitrogen and oxygen atoms in total. The highest BCUT2D eigenvalue weighted by atomic mass is 35.5. The lowest BCUT2D eigenvalue weighted by Gasteiger charge is -2.35. The third-order valence-electron chi connectivity index (χ3n) is 6.12. The van der Waals surface area contributed by atoms with Crippen molar-refractivity contribution in [1.29, 1.82) is 0 Å². The molecule has 3 aromatic rings. The molecule has 0 spiro atoms. The number of carbonyl (C=O) groups is 1. The Morgan fingerprint density at radius 2 is 1.63 bits per heavy atom. The van der Waals surface area contributed by atoms with Crippen LogP contribution in [0.1, 0.15) is 15.9 Å². The summed E-state index contributed by atoms with van der Waals surface area (Å²) < 4.78 is 39.4. The van der Waals surface area contributed by atoms with Crippen LogP contribution in [0.25, 0.3) is 0 Å². The van der Waals surface area contributed by atoms with E-state index in [1.54, 1.807) is 23.1 Å². The molecule has 38 heavy (non-hydrogen) atoms. The zero-order valence-electron chi connectivity index (χ0n) is 19.8. The van der Waals surface area contributed by atoms with Crippen molar-refractivity contribution in [3.8, 4) is 11.5 Å². The zero-order chi connectivity index (χ0) is 26.2. The van der Waals surface area contributed by atoms with Gasteiger partial charge in [-0.3, -0.25) is 14.4 Å². The van der Waals surface area contributed by atoms with Gasteiger partial charge in [-0.2, -0.15) is 0 Å². The molecule has 0 atom stereocenters. The number of piperazine rings is 1. The van der Waals surface area contributed by atoms with Crippen LogP contribution in [0.2, 0.25) is 15.1 Å². The van der Waals surface area contributed by atoms with Gasteiger partial charge in [-0.25, -0.2) is 8.42 Å². The van der Waals surface area contributed by atoms with Crippen LogP contribution in [0.15, 0.2) is 59.5 Å². The second-order valence-corrected chi connectivity index (χ2v) is 11.5. The smallest absolute Gasteiger partial charge is 0.263 e. The average molecular weight is 618 g/mol. The number of amides is 1. The van der Waals surface area contributed by atoms with Crippen LogP contribution in [0.3, 0.4) is 0 Å². The molecule has 2 aliphatic rings. The fourth-order valence-electron chi connectivity index (χ4n) is 4.24. The maximum Gasteiger partial charge on any atom is 0.263 e. The van der Waals surface area contributed by atoms with Crippen molar-refractivity contribution in [3.63, 3.8) is 0 Å². The van der Waals surface area contributed by atoms with E-state index < -0.39 is 10.0 Å². The van der Waals surface area contributed by atoms with Crippen molar-refractivity contribution in [2.75, 3.05) is 37.7 Å². The quantitative estimate of drug-likeness (QED) is 0.456.